The van der Waals surface area contributed by atoms with E-state index in [1.165, 1.54) is 34.1 Å². The van der Waals surface area contributed by atoms with Crippen LogP contribution in [0, 0.1) is 5.41 Å². The quantitative estimate of drug-likeness (QED) is 0.737. The third-order valence-electron chi connectivity index (χ3n) is 3.93. The SMILES string of the molecule is CC(C)c1cc(Br)c2c(c1)CCC(C(C)(C)C)N2. The molecule has 0 amide bonds. The third-order valence-corrected chi connectivity index (χ3v) is 4.55. The number of benzene rings is 1. The van der Waals surface area contributed by atoms with E-state index in [0.29, 0.717) is 17.4 Å². The van der Waals surface area contributed by atoms with E-state index in [1.54, 1.807) is 0 Å². The molecule has 0 spiro atoms. The minimum atomic E-state index is 0.313. The lowest BCUT2D eigenvalue weighted by molar-refractivity contribution is 0.320. The van der Waals surface area contributed by atoms with Crippen LogP contribution in [-0.4, -0.2) is 6.04 Å². The summed E-state index contributed by atoms with van der Waals surface area (Å²) in [7, 11) is 0. The van der Waals surface area contributed by atoms with Crippen molar-refractivity contribution in [2.75, 3.05) is 5.32 Å². The maximum absolute atomic E-state index is 3.73. The predicted molar refractivity (Wildman–Crippen MR) is 83.4 cm³/mol. The minimum Gasteiger partial charge on any atom is -0.381 e. The molecule has 1 aromatic rings. The van der Waals surface area contributed by atoms with Crippen molar-refractivity contribution in [2.45, 2.75) is 59.4 Å². The summed E-state index contributed by atoms with van der Waals surface area (Å²) in [6, 6.07) is 5.20. The van der Waals surface area contributed by atoms with Gasteiger partial charge in [0.15, 0.2) is 0 Å². The fourth-order valence-corrected chi connectivity index (χ4v) is 3.21. The Hall–Kier alpha value is -0.500. The van der Waals surface area contributed by atoms with Gasteiger partial charge in [0.25, 0.3) is 0 Å². The molecule has 1 aliphatic heterocycles. The minimum absolute atomic E-state index is 0.313. The first-order valence-corrected chi connectivity index (χ1v) is 7.67. The van der Waals surface area contributed by atoms with Gasteiger partial charge in [-0.1, -0.05) is 40.7 Å². The van der Waals surface area contributed by atoms with Crippen LogP contribution in [0.3, 0.4) is 0 Å². The lowest BCUT2D eigenvalue weighted by Gasteiger charge is -2.37. The number of hydrogen-bond donors (Lipinski definition) is 1. The largest absolute Gasteiger partial charge is 0.381 e. The van der Waals surface area contributed by atoms with Crippen LogP contribution in [0.5, 0.6) is 0 Å². The van der Waals surface area contributed by atoms with Crippen molar-refractivity contribution in [2.24, 2.45) is 5.41 Å². The summed E-state index contributed by atoms with van der Waals surface area (Å²) < 4.78 is 1.22. The van der Waals surface area contributed by atoms with Crippen LogP contribution >= 0.6 is 15.9 Å². The van der Waals surface area contributed by atoms with Crippen molar-refractivity contribution >= 4 is 21.6 Å². The number of fused-ring (bicyclic) bond motifs is 1. The van der Waals surface area contributed by atoms with E-state index in [2.05, 4.69) is 68.0 Å². The van der Waals surface area contributed by atoms with Gasteiger partial charge in [0.05, 0.1) is 5.69 Å². The van der Waals surface area contributed by atoms with Gasteiger partial charge in [0.1, 0.15) is 0 Å². The lowest BCUT2D eigenvalue weighted by Crippen LogP contribution is -2.37. The predicted octanol–water partition coefficient (Wildman–Crippen LogP) is 5.35. The van der Waals surface area contributed by atoms with Crippen molar-refractivity contribution < 1.29 is 0 Å². The van der Waals surface area contributed by atoms with Crippen LogP contribution in [0.4, 0.5) is 5.69 Å². The smallest absolute Gasteiger partial charge is 0.0519 e. The Labute approximate surface area is 119 Å². The van der Waals surface area contributed by atoms with E-state index in [0.717, 1.165) is 0 Å². The maximum atomic E-state index is 3.73. The molecule has 1 atom stereocenters. The average molecular weight is 310 g/mol. The van der Waals surface area contributed by atoms with Crippen LogP contribution in [0.15, 0.2) is 16.6 Å². The third kappa shape index (κ3) is 2.74. The van der Waals surface area contributed by atoms with Crippen molar-refractivity contribution in [3.63, 3.8) is 0 Å². The van der Waals surface area contributed by atoms with Gasteiger partial charge in [-0.05, 0) is 57.3 Å². The molecule has 1 nitrogen and oxygen atoms in total. The first kappa shape index (κ1) is 13.9. The van der Waals surface area contributed by atoms with Crippen molar-refractivity contribution in [3.8, 4) is 0 Å². The van der Waals surface area contributed by atoms with E-state index < -0.39 is 0 Å². The molecule has 1 heterocycles. The Morgan fingerprint density at radius 3 is 2.50 bits per heavy atom. The number of hydrogen-bond acceptors (Lipinski definition) is 1. The molecule has 1 N–H and O–H groups in total. The Balaban J connectivity index is 2.34. The molecule has 0 radical (unpaired) electrons. The second-order valence-electron chi connectivity index (χ2n) is 6.79. The summed E-state index contributed by atoms with van der Waals surface area (Å²) in [5.41, 5.74) is 4.52. The van der Waals surface area contributed by atoms with Gasteiger partial charge in [-0.3, -0.25) is 0 Å². The highest BCUT2D eigenvalue weighted by atomic mass is 79.9. The van der Waals surface area contributed by atoms with Gasteiger partial charge in [0, 0.05) is 10.5 Å². The zero-order chi connectivity index (χ0) is 13.5. The molecule has 2 rings (SSSR count). The molecule has 0 fully saturated rings. The first-order valence-electron chi connectivity index (χ1n) is 6.88. The highest BCUT2D eigenvalue weighted by Gasteiger charge is 2.29. The summed E-state index contributed by atoms with van der Waals surface area (Å²) in [5, 5.41) is 3.72. The summed E-state index contributed by atoms with van der Waals surface area (Å²) in [6.45, 7) is 11.4. The highest BCUT2D eigenvalue weighted by molar-refractivity contribution is 9.10. The zero-order valence-electron chi connectivity index (χ0n) is 12.1. The normalized spacial score (nSPS) is 19.6. The van der Waals surface area contributed by atoms with Crippen LogP contribution in [0.25, 0.3) is 0 Å². The molecular weight excluding hydrogens is 286 g/mol. The Morgan fingerprint density at radius 1 is 1.28 bits per heavy atom. The Morgan fingerprint density at radius 2 is 1.94 bits per heavy atom. The van der Waals surface area contributed by atoms with Crippen LogP contribution in [0.1, 0.15) is 58.1 Å². The van der Waals surface area contributed by atoms with Gasteiger partial charge in [-0.2, -0.15) is 0 Å². The first-order chi connectivity index (χ1) is 8.29. The van der Waals surface area contributed by atoms with Gasteiger partial charge in [-0.25, -0.2) is 0 Å². The lowest BCUT2D eigenvalue weighted by atomic mass is 9.80. The Bertz CT molecular complexity index is 443. The summed E-state index contributed by atoms with van der Waals surface area (Å²) in [4.78, 5) is 0. The van der Waals surface area contributed by atoms with Crippen molar-refractivity contribution in [1.82, 2.24) is 0 Å². The molecule has 18 heavy (non-hydrogen) atoms. The monoisotopic (exact) mass is 309 g/mol. The molecular formula is C16H24BrN. The second-order valence-corrected chi connectivity index (χ2v) is 7.65. The van der Waals surface area contributed by atoms with Gasteiger partial charge >= 0.3 is 0 Å². The topological polar surface area (TPSA) is 12.0 Å². The molecule has 0 bridgehead atoms. The standard InChI is InChI=1S/C16H24BrN/c1-10(2)12-8-11-6-7-14(16(3,4)5)18-15(11)13(17)9-12/h8-10,14,18H,6-7H2,1-5H3. The van der Waals surface area contributed by atoms with Crippen LogP contribution in [-0.2, 0) is 6.42 Å². The zero-order valence-corrected chi connectivity index (χ0v) is 13.7. The number of aryl methyl sites for hydroxylation is 1. The van der Waals surface area contributed by atoms with Crippen molar-refractivity contribution in [3.05, 3.63) is 27.7 Å². The van der Waals surface area contributed by atoms with E-state index in [-0.39, 0.29) is 0 Å². The van der Waals surface area contributed by atoms with E-state index >= 15 is 0 Å². The molecule has 0 aliphatic carbocycles. The molecule has 0 saturated carbocycles. The summed E-state index contributed by atoms with van der Waals surface area (Å²) >= 11 is 3.73. The molecule has 1 unspecified atom stereocenters. The Kier molecular flexibility index (Phi) is 3.77. The van der Waals surface area contributed by atoms with E-state index in [4.69, 9.17) is 0 Å². The van der Waals surface area contributed by atoms with Crippen LogP contribution in [0.2, 0.25) is 0 Å². The second kappa shape index (κ2) is 4.88. The number of nitrogens with one attached hydrogen (secondary N) is 1. The van der Waals surface area contributed by atoms with Gasteiger partial charge in [-0.15, -0.1) is 0 Å². The fraction of sp³-hybridized carbons (Fsp3) is 0.625. The highest BCUT2D eigenvalue weighted by Crippen LogP contribution is 2.39. The number of rotatable bonds is 1. The summed E-state index contributed by atoms with van der Waals surface area (Å²) in [6.07, 6.45) is 2.41. The number of anilines is 1. The van der Waals surface area contributed by atoms with Crippen molar-refractivity contribution in [1.29, 1.82) is 0 Å². The van der Waals surface area contributed by atoms with Gasteiger partial charge < -0.3 is 5.32 Å². The summed E-state index contributed by atoms with van der Waals surface area (Å²) in [5.74, 6) is 0.590. The molecule has 1 aliphatic rings. The molecule has 2 heteroatoms. The molecule has 1 aromatic carbocycles. The van der Waals surface area contributed by atoms with Gasteiger partial charge in [0.2, 0.25) is 0 Å². The molecule has 0 aromatic heterocycles. The molecule has 100 valence electrons. The maximum Gasteiger partial charge on any atom is 0.0519 e. The molecule has 0 saturated heterocycles. The van der Waals surface area contributed by atoms with Crippen LogP contribution < -0.4 is 5.32 Å². The number of halogens is 1. The fourth-order valence-electron chi connectivity index (χ4n) is 2.57. The van der Waals surface area contributed by atoms with E-state index in [9.17, 15) is 0 Å². The average Bonchev–Trinajstić information content (AvgIpc) is 2.27. The van der Waals surface area contributed by atoms with E-state index in [1.807, 2.05) is 0 Å².